The van der Waals surface area contributed by atoms with Crippen molar-refractivity contribution in [3.05, 3.63) is 39.0 Å². The highest BCUT2D eigenvalue weighted by atomic mass is 79.9. The van der Waals surface area contributed by atoms with Crippen LogP contribution in [0.15, 0.2) is 26.9 Å². The smallest absolute Gasteiger partial charge is 0.258 e. The molecular weight excluding hydrogens is 368 g/mol. The highest BCUT2D eigenvalue weighted by Gasteiger charge is 2.14. The summed E-state index contributed by atoms with van der Waals surface area (Å²) >= 11 is 12.4. The van der Waals surface area contributed by atoms with Crippen LogP contribution in [0.1, 0.15) is 16.1 Å². The van der Waals surface area contributed by atoms with Gasteiger partial charge >= 0.3 is 0 Å². The van der Waals surface area contributed by atoms with E-state index in [0.717, 1.165) is 14.4 Å². The molecule has 1 amide bonds. The second kappa shape index (κ2) is 6.26. The Hall–Kier alpha value is -0.560. The minimum Gasteiger partial charge on any atom is -0.298 e. The van der Waals surface area contributed by atoms with E-state index in [2.05, 4.69) is 26.2 Å². The molecule has 1 aromatic heterocycles. The van der Waals surface area contributed by atoms with E-state index < -0.39 is 0 Å². The van der Waals surface area contributed by atoms with Crippen molar-refractivity contribution < 1.29 is 4.79 Å². The SMILES string of the molecule is CSc1sc(NC(=O)c2cc(Br)ccc2Cl)nc1C. The van der Waals surface area contributed by atoms with Crippen molar-refractivity contribution in [2.45, 2.75) is 11.1 Å². The highest BCUT2D eigenvalue weighted by molar-refractivity contribution is 9.10. The van der Waals surface area contributed by atoms with E-state index in [1.54, 1.807) is 30.0 Å². The van der Waals surface area contributed by atoms with E-state index in [9.17, 15) is 4.79 Å². The Morgan fingerprint density at radius 1 is 1.53 bits per heavy atom. The van der Waals surface area contributed by atoms with Crippen molar-refractivity contribution in [3.63, 3.8) is 0 Å². The Bertz CT molecular complexity index is 630. The summed E-state index contributed by atoms with van der Waals surface area (Å²) in [6.45, 7) is 1.92. The van der Waals surface area contributed by atoms with Gasteiger partial charge in [0, 0.05) is 4.47 Å². The molecule has 0 aliphatic heterocycles. The molecule has 0 aliphatic carbocycles. The van der Waals surface area contributed by atoms with Crippen molar-refractivity contribution in [3.8, 4) is 0 Å². The molecule has 0 radical (unpaired) electrons. The molecule has 3 nitrogen and oxygen atoms in total. The first kappa shape index (κ1) is 14.8. The van der Waals surface area contributed by atoms with Gasteiger partial charge in [-0.1, -0.05) is 38.9 Å². The lowest BCUT2D eigenvalue weighted by Crippen LogP contribution is -2.12. The number of carbonyl (C=O) groups is 1. The van der Waals surface area contributed by atoms with E-state index in [-0.39, 0.29) is 5.91 Å². The van der Waals surface area contributed by atoms with Crippen LogP contribution in [-0.2, 0) is 0 Å². The number of hydrogen-bond donors (Lipinski definition) is 1. The monoisotopic (exact) mass is 376 g/mol. The van der Waals surface area contributed by atoms with Gasteiger partial charge in [-0.3, -0.25) is 10.1 Å². The number of thiazole rings is 1. The van der Waals surface area contributed by atoms with Crippen LogP contribution in [0, 0.1) is 6.92 Å². The predicted octanol–water partition coefficient (Wildman–Crippen LogP) is 4.84. The van der Waals surface area contributed by atoms with Gasteiger partial charge in [0.2, 0.25) is 0 Å². The number of aromatic nitrogens is 1. The molecule has 0 aliphatic rings. The lowest BCUT2D eigenvalue weighted by Gasteiger charge is -2.04. The molecule has 1 heterocycles. The molecule has 2 rings (SSSR count). The molecule has 7 heteroatoms. The lowest BCUT2D eigenvalue weighted by atomic mass is 10.2. The van der Waals surface area contributed by atoms with E-state index in [1.807, 2.05) is 13.2 Å². The minimum absolute atomic E-state index is 0.257. The quantitative estimate of drug-likeness (QED) is 0.778. The zero-order valence-corrected chi connectivity index (χ0v) is 14.1. The van der Waals surface area contributed by atoms with Gasteiger partial charge in [-0.15, -0.1) is 11.8 Å². The van der Waals surface area contributed by atoms with Gasteiger partial charge in [-0.2, -0.15) is 0 Å². The summed E-state index contributed by atoms with van der Waals surface area (Å²) in [5.74, 6) is -0.257. The summed E-state index contributed by atoms with van der Waals surface area (Å²) in [4.78, 5) is 16.4. The van der Waals surface area contributed by atoms with Crippen LogP contribution in [0.4, 0.5) is 5.13 Å². The van der Waals surface area contributed by atoms with Crippen LogP contribution >= 0.6 is 50.6 Å². The highest BCUT2D eigenvalue weighted by Crippen LogP contribution is 2.31. The molecule has 2 aromatic rings. The van der Waals surface area contributed by atoms with Crippen LogP contribution < -0.4 is 5.32 Å². The van der Waals surface area contributed by atoms with Crippen LogP contribution in [0.3, 0.4) is 0 Å². The van der Waals surface area contributed by atoms with Crippen molar-refractivity contribution in [2.24, 2.45) is 0 Å². The molecule has 0 bridgehead atoms. The van der Waals surface area contributed by atoms with Gasteiger partial charge in [0.25, 0.3) is 5.91 Å². The van der Waals surface area contributed by atoms with Gasteiger partial charge < -0.3 is 0 Å². The van der Waals surface area contributed by atoms with E-state index in [1.165, 1.54) is 11.3 Å². The predicted molar refractivity (Wildman–Crippen MR) is 85.7 cm³/mol. The number of rotatable bonds is 3. The molecule has 0 fully saturated rings. The average Bonchev–Trinajstić information content (AvgIpc) is 2.72. The number of anilines is 1. The summed E-state index contributed by atoms with van der Waals surface area (Å²) in [5.41, 5.74) is 1.35. The van der Waals surface area contributed by atoms with Gasteiger partial charge in [-0.25, -0.2) is 4.98 Å². The normalized spacial score (nSPS) is 10.5. The molecule has 0 unspecified atom stereocenters. The Labute approximate surface area is 132 Å². The molecule has 100 valence electrons. The van der Waals surface area contributed by atoms with E-state index in [0.29, 0.717) is 15.7 Å². The second-order valence-corrected chi connectivity index (χ2v) is 7.07. The Balaban J connectivity index is 2.22. The van der Waals surface area contributed by atoms with Gasteiger partial charge in [0.15, 0.2) is 5.13 Å². The van der Waals surface area contributed by atoms with Gasteiger partial charge in [-0.05, 0) is 31.4 Å². The van der Waals surface area contributed by atoms with Crippen LogP contribution in [0.5, 0.6) is 0 Å². The first-order chi connectivity index (χ1) is 9.01. The number of nitrogens with zero attached hydrogens (tertiary/aromatic N) is 1. The maximum absolute atomic E-state index is 12.1. The maximum atomic E-state index is 12.1. The lowest BCUT2D eigenvalue weighted by molar-refractivity contribution is 0.102. The number of halogens is 2. The van der Waals surface area contributed by atoms with Crippen molar-refractivity contribution in [1.82, 2.24) is 4.98 Å². The molecule has 1 aromatic carbocycles. The Kier molecular flexibility index (Phi) is 4.89. The summed E-state index contributed by atoms with van der Waals surface area (Å²) < 4.78 is 1.90. The zero-order chi connectivity index (χ0) is 14.0. The molecule has 0 atom stereocenters. The number of amides is 1. The summed E-state index contributed by atoms with van der Waals surface area (Å²) in [7, 11) is 0. The first-order valence-corrected chi connectivity index (χ1v) is 8.50. The third kappa shape index (κ3) is 3.51. The summed E-state index contributed by atoms with van der Waals surface area (Å²) in [6, 6.07) is 5.16. The molecule has 19 heavy (non-hydrogen) atoms. The maximum Gasteiger partial charge on any atom is 0.258 e. The van der Waals surface area contributed by atoms with Crippen LogP contribution in [0.2, 0.25) is 5.02 Å². The number of carbonyl (C=O) groups excluding carboxylic acids is 1. The second-order valence-electron chi connectivity index (χ2n) is 3.67. The van der Waals surface area contributed by atoms with Gasteiger partial charge in [0.05, 0.1) is 20.5 Å². The Morgan fingerprint density at radius 3 is 2.89 bits per heavy atom. The Morgan fingerprint density at radius 2 is 2.26 bits per heavy atom. The number of benzene rings is 1. The fraction of sp³-hybridized carbons (Fsp3) is 0.167. The van der Waals surface area contributed by atoms with Crippen molar-refractivity contribution in [2.75, 3.05) is 11.6 Å². The van der Waals surface area contributed by atoms with E-state index >= 15 is 0 Å². The topological polar surface area (TPSA) is 42.0 Å². The fourth-order valence-electron chi connectivity index (χ4n) is 1.46. The number of aryl methyl sites for hydroxylation is 1. The fourth-order valence-corrected chi connectivity index (χ4v) is 3.63. The van der Waals surface area contributed by atoms with Crippen molar-refractivity contribution >= 4 is 61.7 Å². The van der Waals surface area contributed by atoms with Crippen molar-refractivity contribution in [1.29, 1.82) is 0 Å². The molecular formula is C12H10BrClN2OS2. The zero-order valence-electron chi connectivity index (χ0n) is 10.2. The number of hydrogen-bond acceptors (Lipinski definition) is 4. The molecule has 0 saturated carbocycles. The standard InChI is InChI=1S/C12H10BrClN2OS2/c1-6-11(18-2)19-12(15-6)16-10(17)8-5-7(13)3-4-9(8)14/h3-5H,1-2H3,(H,15,16,17). The van der Waals surface area contributed by atoms with Gasteiger partial charge in [0.1, 0.15) is 0 Å². The van der Waals surface area contributed by atoms with Crippen LogP contribution in [-0.4, -0.2) is 17.1 Å². The number of thioether (sulfide) groups is 1. The largest absolute Gasteiger partial charge is 0.298 e. The number of nitrogens with one attached hydrogen (secondary N) is 1. The third-order valence-corrected chi connectivity index (χ3v) is 5.44. The first-order valence-electron chi connectivity index (χ1n) is 5.29. The average molecular weight is 378 g/mol. The summed E-state index contributed by atoms with van der Waals surface area (Å²) in [5, 5.41) is 3.77. The summed E-state index contributed by atoms with van der Waals surface area (Å²) in [6.07, 6.45) is 1.98. The molecule has 0 saturated heterocycles. The molecule has 0 spiro atoms. The minimum atomic E-state index is -0.257. The third-order valence-electron chi connectivity index (χ3n) is 2.33. The molecule has 1 N–H and O–H groups in total. The van der Waals surface area contributed by atoms with E-state index in [4.69, 9.17) is 11.6 Å². The van der Waals surface area contributed by atoms with Crippen LogP contribution in [0.25, 0.3) is 0 Å².